The molecule has 39 heavy (non-hydrogen) atoms. The number of nitrogens with zero attached hydrogens (tertiary/aromatic N) is 3. The molecule has 0 saturated carbocycles. The van der Waals surface area contributed by atoms with Crippen LogP contribution in [-0.4, -0.2) is 23.0 Å². The van der Waals surface area contributed by atoms with Crippen LogP contribution in [0.5, 0.6) is 0 Å². The van der Waals surface area contributed by atoms with Gasteiger partial charge in [-0.3, -0.25) is 0 Å². The van der Waals surface area contributed by atoms with E-state index in [2.05, 4.69) is 80.1 Å². The number of pyridine rings is 3. The van der Waals surface area contributed by atoms with Crippen LogP contribution in [0.1, 0.15) is 25.3 Å². The summed E-state index contributed by atoms with van der Waals surface area (Å²) in [4.78, 5) is 13.4. The van der Waals surface area contributed by atoms with E-state index in [0.29, 0.717) is 11.6 Å². The summed E-state index contributed by atoms with van der Waals surface area (Å²) in [6, 6.07) is 29.2. The zero-order valence-corrected chi connectivity index (χ0v) is 26.2. The third-order valence-electron chi connectivity index (χ3n) is 6.47. The molecule has 0 aliphatic carbocycles. The van der Waals surface area contributed by atoms with E-state index in [1.165, 1.54) is 10.8 Å². The second-order valence-corrected chi connectivity index (χ2v) is 15.7. The molecule has 4 nitrogen and oxygen atoms in total. The van der Waals surface area contributed by atoms with Gasteiger partial charge in [0.15, 0.2) is 0 Å². The Labute approximate surface area is 244 Å². The molecule has 0 aliphatic rings. The first-order chi connectivity index (χ1) is 18.3. The van der Waals surface area contributed by atoms with E-state index < -0.39 is 8.07 Å². The van der Waals surface area contributed by atoms with Crippen LogP contribution in [-0.2, 0) is 20.1 Å². The number of rotatable bonds is 4. The molecule has 0 atom stereocenters. The van der Waals surface area contributed by atoms with Gasteiger partial charge < -0.3 is 19.4 Å². The third kappa shape index (κ3) is 6.42. The molecule has 6 rings (SSSR count). The number of fused-ring (bicyclic) bond motifs is 3. The topological polar surface area (TPSA) is 51.8 Å². The van der Waals surface area contributed by atoms with Crippen LogP contribution in [0.4, 0.5) is 0 Å². The minimum Gasteiger partial charge on any atom is -0.483 e. The van der Waals surface area contributed by atoms with E-state index in [1.54, 1.807) is 6.20 Å². The molecule has 6 aromatic rings. The Kier molecular flexibility index (Phi) is 8.91. The van der Waals surface area contributed by atoms with Gasteiger partial charge in [-0.15, -0.1) is 47.5 Å². The van der Waals surface area contributed by atoms with Gasteiger partial charge in [0.2, 0.25) is 0 Å². The van der Waals surface area contributed by atoms with Crippen molar-refractivity contribution in [2.45, 2.75) is 39.4 Å². The molecule has 6 heteroatoms. The molecule has 0 N–H and O–H groups in total. The fourth-order valence-electron chi connectivity index (χ4n) is 4.49. The first-order valence-electron chi connectivity index (χ1n) is 12.9. The summed E-state index contributed by atoms with van der Waals surface area (Å²) in [6.07, 6.45) is 6.98. The minimum absolute atomic E-state index is 0. The molecule has 2 aromatic carbocycles. The van der Waals surface area contributed by atoms with Gasteiger partial charge >= 0.3 is 0 Å². The molecule has 0 amide bonds. The van der Waals surface area contributed by atoms with E-state index in [-0.39, 0.29) is 20.1 Å². The molecule has 0 spiro atoms. The standard InChI is InChI=1S/C22H23N2OSi.C11H8N.Ir/c1-14(2)17-11-19(23-13-21(17)26(3,4)5)15-10-18-16-8-6-7-9-20(16)25-22(18)24-12-15;1-2-6-10(7-3-1)11-8-4-5-9-12-11;/h6-11,13-14H,1-5H3;1-6,8-9H;/q2*-1;. The van der Waals surface area contributed by atoms with Gasteiger partial charge in [0.25, 0.3) is 0 Å². The Morgan fingerprint density at radius 2 is 1.56 bits per heavy atom. The summed E-state index contributed by atoms with van der Waals surface area (Å²) in [5, 5.41) is 3.52. The Morgan fingerprint density at radius 3 is 2.26 bits per heavy atom. The quantitative estimate of drug-likeness (QED) is 0.138. The van der Waals surface area contributed by atoms with Crippen molar-refractivity contribution in [1.82, 2.24) is 15.0 Å². The summed E-state index contributed by atoms with van der Waals surface area (Å²) in [6.45, 7) is 11.6. The number of para-hydroxylation sites is 1. The summed E-state index contributed by atoms with van der Waals surface area (Å²) >= 11 is 0. The molecule has 4 heterocycles. The van der Waals surface area contributed by atoms with Gasteiger partial charge in [-0.2, -0.15) is 0 Å². The number of furan rings is 1. The van der Waals surface area contributed by atoms with Crippen molar-refractivity contribution >= 4 is 35.3 Å². The molecule has 0 aliphatic heterocycles. The van der Waals surface area contributed by atoms with Crippen LogP contribution in [0.25, 0.3) is 44.6 Å². The first-order valence-corrected chi connectivity index (χ1v) is 16.4. The van der Waals surface area contributed by atoms with Crippen molar-refractivity contribution in [2.24, 2.45) is 0 Å². The van der Waals surface area contributed by atoms with Crippen molar-refractivity contribution in [3.63, 3.8) is 0 Å². The Balaban J connectivity index is 0.000000228. The van der Waals surface area contributed by atoms with Crippen LogP contribution in [0.15, 0.2) is 95.7 Å². The van der Waals surface area contributed by atoms with Crippen LogP contribution in [0.2, 0.25) is 19.6 Å². The molecular formula is C33H31IrN3OSi-2. The molecule has 0 fully saturated rings. The smallest absolute Gasteiger partial charge is 0.141 e. The van der Waals surface area contributed by atoms with Gasteiger partial charge in [0.05, 0.1) is 8.07 Å². The first kappa shape index (κ1) is 28.6. The van der Waals surface area contributed by atoms with Crippen molar-refractivity contribution in [3.05, 3.63) is 109 Å². The number of aromatic nitrogens is 3. The monoisotopic (exact) mass is 706 g/mol. The van der Waals surface area contributed by atoms with Gasteiger partial charge in [-0.05, 0) is 46.2 Å². The summed E-state index contributed by atoms with van der Waals surface area (Å²) in [5.74, 6) is 0.463. The molecule has 0 bridgehead atoms. The van der Waals surface area contributed by atoms with E-state index in [4.69, 9.17) is 9.40 Å². The summed E-state index contributed by atoms with van der Waals surface area (Å²) in [7, 11) is -1.44. The average Bonchev–Trinajstić information content (AvgIpc) is 3.31. The second-order valence-electron chi connectivity index (χ2n) is 10.7. The Bertz CT molecular complexity index is 1640. The largest absolute Gasteiger partial charge is 0.483 e. The van der Waals surface area contributed by atoms with Crippen LogP contribution < -0.4 is 5.19 Å². The maximum absolute atomic E-state index is 5.81. The number of hydrogen-bond donors (Lipinski definition) is 0. The summed E-state index contributed by atoms with van der Waals surface area (Å²) < 4.78 is 5.81. The van der Waals surface area contributed by atoms with E-state index in [0.717, 1.165) is 38.9 Å². The fraction of sp³-hybridized carbons (Fsp3) is 0.182. The zero-order valence-electron chi connectivity index (χ0n) is 22.8. The molecule has 199 valence electrons. The van der Waals surface area contributed by atoms with Crippen LogP contribution >= 0.6 is 0 Å². The van der Waals surface area contributed by atoms with Crippen LogP contribution in [0, 0.1) is 12.3 Å². The van der Waals surface area contributed by atoms with Crippen molar-refractivity contribution in [2.75, 3.05) is 0 Å². The molecule has 0 unspecified atom stereocenters. The average molecular weight is 706 g/mol. The SMILES string of the molecule is CC(C)c1cc(-c2[c-]nc3oc4ccccc4c3c2)ncc1[Si](C)(C)C.[Ir].[c-]1ccccc1-c1ccccn1. The zero-order chi connectivity index (χ0) is 26.7. The van der Waals surface area contributed by atoms with Gasteiger partial charge in [0, 0.05) is 37.9 Å². The van der Waals surface area contributed by atoms with Crippen LogP contribution in [0.3, 0.4) is 0 Å². The molecule has 4 aromatic heterocycles. The molecular weight excluding hydrogens is 675 g/mol. The van der Waals surface area contributed by atoms with Gasteiger partial charge in [-0.1, -0.05) is 75.5 Å². The van der Waals surface area contributed by atoms with E-state index >= 15 is 0 Å². The number of hydrogen-bond acceptors (Lipinski definition) is 4. The normalized spacial score (nSPS) is 11.2. The van der Waals surface area contributed by atoms with E-state index in [9.17, 15) is 0 Å². The maximum atomic E-state index is 5.81. The maximum Gasteiger partial charge on any atom is 0.141 e. The van der Waals surface area contributed by atoms with Crippen molar-refractivity contribution in [1.29, 1.82) is 0 Å². The minimum atomic E-state index is -1.44. The third-order valence-corrected chi connectivity index (χ3v) is 8.51. The predicted octanol–water partition coefficient (Wildman–Crippen LogP) is 8.06. The molecule has 1 radical (unpaired) electrons. The van der Waals surface area contributed by atoms with Gasteiger partial charge in [-0.25, -0.2) is 0 Å². The summed E-state index contributed by atoms with van der Waals surface area (Å²) in [5.41, 5.74) is 6.71. The predicted molar refractivity (Wildman–Crippen MR) is 159 cm³/mol. The second kappa shape index (κ2) is 12.2. The van der Waals surface area contributed by atoms with Crippen molar-refractivity contribution in [3.8, 4) is 22.5 Å². The van der Waals surface area contributed by atoms with Crippen molar-refractivity contribution < 1.29 is 24.5 Å². The van der Waals surface area contributed by atoms with E-state index in [1.807, 2.05) is 60.7 Å². The van der Waals surface area contributed by atoms with Gasteiger partial charge in [0.1, 0.15) is 11.3 Å². The number of benzene rings is 2. The Morgan fingerprint density at radius 1 is 0.795 bits per heavy atom. The molecule has 0 saturated heterocycles. The Hall–Kier alpha value is -3.44. The fourth-order valence-corrected chi connectivity index (χ4v) is 6.17.